The van der Waals surface area contributed by atoms with E-state index in [2.05, 4.69) is 6.07 Å². The number of carbonyl (C=O) groups is 1. The summed E-state index contributed by atoms with van der Waals surface area (Å²) in [5.74, 6) is -0.401. The maximum Gasteiger partial charge on any atom is 0.340 e. The zero-order chi connectivity index (χ0) is 14.8. The van der Waals surface area contributed by atoms with Gasteiger partial charge in [0, 0.05) is 5.69 Å². The predicted molar refractivity (Wildman–Crippen MR) is 83.4 cm³/mol. The molecule has 3 nitrogen and oxygen atoms in total. The molecule has 0 saturated carbocycles. The van der Waals surface area contributed by atoms with Gasteiger partial charge in [-0.25, -0.2) is 4.79 Å². The highest BCUT2D eigenvalue weighted by Gasteiger charge is 2.24. The van der Waals surface area contributed by atoms with E-state index in [4.69, 9.17) is 22.1 Å². The molecule has 1 aliphatic rings. The van der Waals surface area contributed by atoms with E-state index >= 15 is 0 Å². The first kappa shape index (κ1) is 14.0. The molecule has 0 saturated heterocycles. The summed E-state index contributed by atoms with van der Waals surface area (Å²) in [7, 11) is 0. The van der Waals surface area contributed by atoms with Crippen LogP contribution in [-0.4, -0.2) is 5.97 Å². The zero-order valence-electron chi connectivity index (χ0n) is 11.5. The van der Waals surface area contributed by atoms with Crippen molar-refractivity contribution in [2.75, 3.05) is 5.73 Å². The number of rotatable bonds is 2. The number of hydrogen-bond acceptors (Lipinski definition) is 3. The van der Waals surface area contributed by atoms with Gasteiger partial charge in [0.2, 0.25) is 0 Å². The molecule has 0 aliphatic heterocycles. The van der Waals surface area contributed by atoms with Crippen LogP contribution < -0.4 is 5.73 Å². The Labute approximate surface area is 128 Å². The first-order valence-corrected chi connectivity index (χ1v) is 7.37. The van der Waals surface area contributed by atoms with Crippen LogP contribution in [0.15, 0.2) is 42.5 Å². The average molecular weight is 302 g/mol. The van der Waals surface area contributed by atoms with Crippen molar-refractivity contribution < 1.29 is 9.53 Å². The number of aryl methyl sites for hydroxylation is 1. The van der Waals surface area contributed by atoms with E-state index < -0.39 is 5.97 Å². The molecule has 0 amide bonds. The number of hydrogen-bond donors (Lipinski definition) is 1. The second kappa shape index (κ2) is 5.78. The number of ether oxygens (including phenoxy) is 1. The molecule has 1 unspecified atom stereocenters. The Morgan fingerprint density at radius 1 is 1.24 bits per heavy atom. The Kier molecular flexibility index (Phi) is 3.84. The van der Waals surface area contributed by atoms with Gasteiger partial charge in [-0.05, 0) is 48.6 Å². The summed E-state index contributed by atoms with van der Waals surface area (Å²) in [5.41, 5.74) is 8.88. The monoisotopic (exact) mass is 301 g/mol. The molecule has 1 atom stereocenters. The Balaban J connectivity index is 1.83. The number of halogens is 1. The first-order chi connectivity index (χ1) is 10.1. The Bertz CT molecular complexity index is 684. The van der Waals surface area contributed by atoms with Crippen molar-refractivity contribution in [3.05, 3.63) is 64.2 Å². The summed E-state index contributed by atoms with van der Waals surface area (Å²) in [4.78, 5) is 12.3. The summed E-state index contributed by atoms with van der Waals surface area (Å²) >= 11 is 6.06. The van der Waals surface area contributed by atoms with Crippen molar-refractivity contribution in [3.8, 4) is 0 Å². The standard InChI is InChI=1S/C17H16ClNO2/c18-15-10-12(19)8-9-14(15)17(20)21-16-7-3-5-11-4-1-2-6-13(11)16/h1-2,4,6,8-10,16H,3,5,7,19H2. The lowest BCUT2D eigenvalue weighted by Gasteiger charge is -2.25. The first-order valence-electron chi connectivity index (χ1n) is 6.99. The van der Waals surface area contributed by atoms with Gasteiger partial charge in [-0.1, -0.05) is 35.9 Å². The van der Waals surface area contributed by atoms with Crippen molar-refractivity contribution in [2.45, 2.75) is 25.4 Å². The number of esters is 1. The highest BCUT2D eigenvalue weighted by Crippen LogP contribution is 2.33. The molecule has 21 heavy (non-hydrogen) atoms. The smallest absolute Gasteiger partial charge is 0.340 e. The van der Waals surface area contributed by atoms with E-state index in [1.165, 1.54) is 5.56 Å². The zero-order valence-corrected chi connectivity index (χ0v) is 12.3. The molecule has 0 heterocycles. The predicted octanol–water partition coefficient (Wildman–Crippen LogP) is 4.16. The van der Waals surface area contributed by atoms with Crippen LogP contribution in [0.1, 0.15) is 40.4 Å². The second-order valence-corrected chi connectivity index (χ2v) is 5.63. The van der Waals surface area contributed by atoms with E-state index in [0.29, 0.717) is 16.3 Å². The number of carbonyl (C=O) groups excluding carboxylic acids is 1. The van der Waals surface area contributed by atoms with Crippen LogP contribution in [0.2, 0.25) is 5.02 Å². The molecule has 0 fully saturated rings. The van der Waals surface area contributed by atoms with E-state index in [1.807, 2.05) is 18.2 Å². The van der Waals surface area contributed by atoms with Gasteiger partial charge in [-0.15, -0.1) is 0 Å². The Hall–Kier alpha value is -2.00. The maximum absolute atomic E-state index is 12.3. The lowest BCUT2D eigenvalue weighted by Crippen LogP contribution is -2.17. The molecular formula is C17H16ClNO2. The van der Waals surface area contributed by atoms with Crippen molar-refractivity contribution in [1.29, 1.82) is 0 Å². The molecule has 3 rings (SSSR count). The highest BCUT2D eigenvalue weighted by atomic mass is 35.5. The van der Waals surface area contributed by atoms with Gasteiger partial charge in [0.1, 0.15) is 6.10 Å². The number of benzene rings is 2. The van der Waals surface area contributed by atoms with Crippen LogP contribution in [0.5, 0.6) is 0 Å². The summed E-state index contributed by atoms with van der Waals surface area (Å²) in [6.45, 7) is 0. The van der Waals surface area contributed by atoms with E-state index in [0.717, 1.165) is 24.8 Å². The van der Waals surface area contributed by atoms with Gasteiger partial charge in [0.05, 0.1) is 10.6 Å². The summed E-state index contributed by atoms with van der Waals surface area (Å²) in [5, 5.41) is 0.323. The van der Waals surface area contributed by atoms with E-state index in [-0.39, 0.29) is 6.10 Å². The molecule has 0 bridgehead atoms. The van der Waals surface area contributed by atoms with Crippen LogP contribution in [0.4, 0.5) is 5.69 Å². The molecule has 0 aromatic heterocycles. The molecule has 108 valence electrons. The lowest BCUT2D eigenvalue weighted by molar-refractivity contribution is 0.0257. The van der Waals surface area contributed by atoms with Crippen LogP contribution >= 0.6 is 11.6 Å². The van der Waals surface area contributed by atoms with Crippen molar-refractivity contribution >= 4 is 23.3 Å². The minimum atomic E-state index is -0.401. The SMILES string of the molecule is Nc1ccc(C(=O)OC2CCCc3ccccc32)c(Cl)c1. The van der Waals surface area contributed by atoms with Gasteiger partial charge in [0.15, 0.2) is 0 Å². The number of anilines is 1. The molecule has 2 aromatic carbocycles. The van der Waals surface area contributed by atoms with Gasteiger partial charge in [0.25, 0.3) is 0 Å². The van der Waals surface area contributed by atoms with Crippen LogP contribution in [-0.2, 0) is 11.2 Å². The summed E-state index contributed by atoms with van der Waals surface area (Å²) in [6.07, 6.45) is 2.70. The molecule has 2 aromatic rings. The molecule has 0 spiro atoms. The molecule has 4 heteroatoms. The molecule has 0 radical (unpaired) electrons. The molecule has 2 N–H and O–H groups in total. The minimum absolute atomic E-state index is 0.198. The number of fused-ring (bicyclic) bond motifs is 1. The van der Waals surface area contributed by atoms with Crippen LogP contribution in [0.3, 0.4) is 0 Å². The Morgan fingerprint density at radius 3 is 2.86 bits per heavy atom. The molecule has 1 aliphatic carbocycles. The van der Waals surface area contributed by atoms with Crippen molar-refractivity contribution in [3.63, 3.8) is 0 Å². The topological polar surface area (TPSA) is 52.3 Å². The second-order valence-electron chi connectivity index (χ2n) is 5.22. The Morgan fingerprint density at radius 2 is 2.05 bits per heavy atom. The van der Waals surface area contributed by atoms with Gasteiger partial charge in [-0.3, -0.25) is 0 Å². The third kappa shape index (κ3) is 2.88. The van der Waals surface area contributed by atoms with E-state index in [9.17, 15) is 4.79 Å². The fraction of sp³-hybridized carbons (Fsp3) is 0.235. The highest BCUT2D eigenvalue weighted by molar-refractivity contribution is 6.33. The van der Waals surface area contributed by atoms with Gasteiger partial charge in [-0.2, -0.15) is 0 Å². The van der Waals surface area contributed by atoms with E-state index in [1.54, 1.807) is 18.2 Å². The summed E-state index contributed by atoms with van der Waals surface area (Å²) < 4.78 is 5.66. The van der Waals surface area contributed by atoms with Crippen molar-refractivity contribution in [2.24, 2.45) is 0 Å². The minimum Gasteiger partial charge on any atom is -0.454 e. The van der Waals surface area contributed by atoms with Crippen LogP contribution in [0, 0.1) is 0 Å². The summed E-state index contributed by atoms with van der Waals surface area (Å²) in [6, 6.07) is 12.9. The molecular weight excluding hydrogens is 286 g/mol. The van der Waals surface area contributed by atoms with Crippen molar-refractivity contribution in [1.82, 2.24) is 0 Å². The quantitative estimate of drug-likeness (QED) is 0.669. The van der Waals surface area contributed by atoms with Crippen LogP contribution in [0.25, 0.3) is 0 Å². The number of nitrogens with two attached hydrogens (primary N) is 1. The van der Waals surface area contributed by atoms with Gasteiger partial charge < -0.3 is 10.5 Å². The fourth-order valence-corrected chi connectivity index (χ4v) is 2.99. The third-order valence-electron chi connectivity index (χ3n) is 3.78. The van der Waals surface area contributed by atoms with Gasteiger partial charge >= 0.3 is 5.97 Å². The maximum atomic E-state index is 12.3. The average Bonchev–Trinajstić information content (AvgIpc) is 2.47. The fourth-order valence-electron chi connectivity index (χ4n) is 2.72. The normalized spacial score (nSPS) is 17.1. The lowest BCUT2D eigenvalue weighted by atomic mass is 9.89. The third-order valence-corrected chi connectivity index (χ3v) is 4.09. The largest absolute Gasteiger partial charge is 0.454 e. The number of nitrogen functional groups attached to an aromatic ring is 1.